The second-order valence-corrected chi connectivity index (χ2v) is 10.4. The molecule has 0 aliphatic rings. The minimum absolute atomic E-state index is 0.157. The van der Waals surface area contributed by atoms with Gasteiger partial charge in [-0.05, 0) is 30.3 Å². The highest BCUT2D eigenvalue weighted by Gasteiger charge is 2.37. The molecule has 0 amide bonds. The summed E-state index contributed by atoms with van der Waals surface area (Å²) < 4.78 is 19.3. The number of rotatable bonds is 3. The van der Waals surface area contributed by atoms with Crippen molar-refractivity contribution in [3.8, 4) is 0 Å². The van der Waals surface area contributed by atoms with E-state index in [0.29, 0.717) is 12.2 Å². The SMILES string of the molecule is CC(C)(C)[Si](C)(C)OCc1cc[c]cc1F. The fraction of sp³-hybridized carbons (Fsp3) is 0.538. The van der Waals surface area contributed by atoms with Crippen LogP contribution in [-0.4, -0.2) is 8.32 Å². The van der Waals surface area contributed by atoms with Gasteiger partial charge in [0.2, 0.25) is 0 Å². The van der Waals surface area contributed by atoms with Crippen LogP contribution in [0.1, 0.15) is 26.3 Å². The van der Waals surface area contributed by atoms with Crippen LogP contribution in [0.3, 0.4) is 0 Å². The van der Waals surface area contributed by atoms with Crippen LogP contribution in [0.4, 0.5) is 4.39 Å². The number of hydrogen-bond donors (Lipinski definition) is 0. The Kier molecular flexibility index (Phi) is 3.91. The lowest BCUT2D eigenvalue weighted by atomic mass is 10.2. The largest absolute Gasteiger partial charge is 0.412 e. The summed E-state index contributed by atoms with van der Waals surface area (Å²) in [6, 6.07) is 7.50. The summed E-state index contributed by atoms with van der Waals surface area (Å²) in [6.07, 6.45) is 0. The van der Waals surface area contributed by atoms with Crippen molar-refractivity contribution in [2.45, 2.75) is 45.5 Å². The lowest BCUT2D eigenvalue weighted by molar-refractivity contribution is 0.271. The molecule has 0 aromatic heterocycles. The molecule has 0 fully saturated rings. The highest BCUT2D eigenvalue weighted by molar-refractivity contribution is 6.74. The highest BCUT2D eigenvalue weighted by atomic mass is 28.4. The third-order valence-electron chi connectivity index (χ3n) is 3.29. The van der Waals surface area contributed by atoms with Gasteiger partial charge in [0, 0.05) is 5.56 Å². The molecular formula is C13H20FOSi. The number of hydrogen-bond acceptors (Lipinski definition) is 1. The minimum atomic E-state index is -1.79. The molecule has 0 saturated heterocycles. The van der Waals surface area contributed by atoms with Gasteiger partial charge in [0.25, 0.3) is 0 Å². The van der Waals surface area contributed by atoms with Gasteiger partial charge in [-0.1, -0.05) is 32.9 Å². The maximum atomic E-state index is 13.4. The van der Waals surface area contributed by atoms with Gasteiger partial charge in [-0.2, -0.15) is 0 Å². The zero-order valence-electron chi connectivity index (χ0n) is 10.7. The average molecular weight is 239 g/mol. The van der Waals surface area contributed by atoms with E-state index in [1.165, 1.54) is 6.07 Å². The van der Waals surface area contributed by atoms with Crippen LogP contribution < -0.4 is 0 Å². The molecule has 0 atom stereocenters. The molecule has 1 rings (SSSR count). The van der Waals surface area contributed by atoms with Gasteiger partial charge in [0.05, 0.1) is 6.61 Å². The van der Waals surface area contributed by atoms with Gasteiger partial charge < -0.3 is 4.43 Å². The Morgan fingerprint density at radius 2 is 2.00 bits per heavy atom. The first-order valence-corrected chi connectivity index (χ1v) is 8.43. The monoisotopic (exact) mass is 239 g/mol. The Labute approximate surface area is 98.8 Å². The van der Waals surface area contributed by atoms with E-state index in [4.69, 9.17) is 4.43 Å². The van der Waals surface area contributed by atoms with Crippen molar-refractivity contribution in [2.75, 3.05) is 0 Å². The molecule has 1 aromatic rings. The molecule has 3 heteroatoms. The van der Waals surface area contributed by atoms with Crippen molar-refractivity contribution >= 4 is 8.32 Å². The standard InChI is InChI=1S/C13H20FOSi/c1-13(2,3)16(4,5)15-10-11-8-6-7-9-12(11)14/h6,8-9H,10H2,1-5H3. The molecule has 89 valence electrons. The van der Waals surface area contributed by atoms with Gasteiger partial charge in [0.15, 0.2) is 8.32 Å². The summed E-state index contributed by atoms with van der Waals surface area (Å²) in [6.45, 7) is 11.2. The summed E-state index contributed by atoms with van der Waals surface area (Å²) in [4.78, 5) is 0. The molecule has 1 radical (unpaired) electrons. The average Bonchev–Trinajstić information content (AvgIpc) is 2.15. The first-order chi connectivity index (χ1) is 7.24. The van der Waals surface area contributed by atoms with Crippen LogP contribution in [0.15, 0.2) is 18.2 Å². The molecule has 0 spiro atoms. The molecule has 0 saturated carbocycles. The van der Waals surface area contributed by atoms with Crippen molar-refractivity contribution in [1.82, 2.24) is 0 Å². The Hall–Kier alpha value is -0.673. The zero-order valence-corrected chi connectivity index (χ0v) is 11.7. The van der Waals surface area contributed by atoms with E-state index in [0.717, 1.165) is 0 Å². The fourth-order valence-corrected chi connectivity index (χ4v) is 1.98. The lowest BCUT2D eigenvalue weighted by Crippen LogP contribution is -2.40. The van der Waals surface area contributed by atoms with Crippen LogP contribution in [0.25, 0.3) is 0 Å². The molecular weight excluding hydrogens is 219 g/mol. The molecule has 0 unspecified atom stereocenters. The van der Waals surface area contributed by atoms with E-state index in [2.05, 4.69) is 39.9 Å². The van der Waals surface area contributed by atoms with E-state index in [1.807, 2.05) is 0 Å². The van der Waals surface area contributed by atoms with Crippen LogP contribution in [0.5, 0.6) is 0 Å². The molecule has 0 aliphatic heterocycles. The van der Waals surface area contributed by atoms with Crippen molar-refractivity contribution in [3.05, 3.63) is 35.6 Å². The predicted molar refractivity (Wildman–Crippen MR) is 67.2 cm³/mol. The van der Waals surface area contributed by atoms with Crippen molar-refractivity contribution in [3.63, 3.8) is 0 Å². The Morgan fingerprint density at radius 3 is 2.50 bits per heavy atom. The van der Waals surface area contributed by atoms with E-state index in [9.17, 15) is 4.39 Å². The molecule has 1 nitrogen and oxygen atoms in total. The Balaban J connectivity index is 2.69. The highest BCUT2D eigenvalue weighted by Crippen LogP contribution is 2.37. The summed E-state index contributed by atoms with van der Waals surface area (Å²) in [5, 5.41) is 0.157. The van der Waals surface area contributed by atoms with Crippen LogP contribution in [-0.2, 0) is 11.0 Å². The van der Waals surface area contributed by atoms with Gasteiger partial charge in [-0.3, -0.25) is 0 Å². The van der Waals surface area contributed by atoms with Crippen molar-refractivity contribution < 1.29 is 8.82 Å². The van der Waals surface area contributed by atoms with E-state index < -0.39 is 8.32 Å². The molecule has 0 bridgehead atoms. The van der Waals surface area contributed by atoms with E-state index >= 15 is 0 Å². The number of halogens is 1. The summed E-state index contributed by atoms with van der Waals surface area (Å²) in [5.41, 5.74) is 0.614. The zero-order chi connectivity index (χ0) is 12.4. The Bertz CT molecular complexity index is 355. The van der Waals surface area contributed by atoms with Crippen LogP contribution >= 0.6 is 0 Å². The van der Waals surface area contributed by atoms with Crippen LogP contribution in [0.2, 0.25) is 18.1 Å². The maximum absolute atomic E-state index is 13.4. The second-order valence-electron chi connectivity index (χ2n) is 5.57. The van der Waals surface area contributed by atoms with E-state index in [1.54, 1.807) is 12.1 Å². The maximum Gasteiger partial charge on any atom is 0.192 e. The third kappa shape index (κ3) is 3.16. The topological polar surface area (TPSA) is 9.23 Å². The molecule has 16 heavy (non-hydrogen) atoms. The lowest BCUT2D eigenvalue weighted by Gasteiger charge is -2.36. The molecule has 1 aromatic carbocycles. The number of benzene rings is 1. The van der Waals surface area contributed by atoms with Crippen LogP contribution in [0, 0.1) is 11.9 Å². The fourth-order valence-electron chi connectivity index (χ4n) is 1.03. The Morgan fingerprint density at radius 1 is 1.38 bits per heavy atom. The van der Waals surface area contributed by atoms with Gasteiger partial charge in [0.1, 0.15) is 5.82 Å². The van der Waals surface area contributed by atoms with Gasteiger partial charge in [-0.25, -0.2) is 4.39 Å². The quantitative estimate of drug-likeness (QED) is 0.720. The van der Waals surface area contributed by atoms with Gasteiger partial charge >= 0.3 is 0 Å². The first-order valence-electron chi connectivity index (χ1n) is 5.52. The molecule has 0 N–H and O–H groups in total. The molecule has 0 heterocycles. The normalized spacial score (nSPS) is 12.9. The second kappa shape index (κ2) is 4.68. The van der Waals surface area contributed by atoms with Gasteiger partial charge in [-0.15, -0.1) is 0 Å². The predicted octanol–water partition coefficient (Wildman–Crippen LogP) is 4.15. The smallest absolute Gasteiger partial charge is 0.192 e. The van der Waals surface area contributed by atoms with Crippen molar-refractivity contribution in [2.24, 2.45) is 0 Å². The van der Waals surface area contributed by atoms with Crippen molar-refractivity contribution in [1.29, 1.82) is 0 Å². The summed E-state index contributed by atoms with van der Waals surface area (Å²) >= 11 is 0. The third-order valence-corrected chi connectivity index (χ3v) is 7.77. The summed E-state index contributed by atoms with van der Waals surface area (Å²) in [7, 11) is -1.79. The van der Waals surface area contributed by atoms with E-state index in [-0.39, 0.29) is 10.9 Å². The minimum Gasteiger partial charge on any atom is -0.412 e. The summed E-state index contributed by atoms with van der Waals surface area (Å²) in [5.74, 6) is -0.235. The molecule has 0 aliphatic carbocycles. The first kappa shape index (κ1) is 13.4.